The Labute approximate surface area is 218 Å². The molecule has 0 spiro atoms. The number of ether oxygens (including phenoxy) is 1. The molecular formula is C26H29ClN4O2S2. The van der Waals surface area contributed by atoms with Crippen molar-refractivity contribution in [1.82, 2.24) is 15.3 Å². The molecule has 2 aromatic heterocycles. The third kappa shape index (κ3) is 5.47. The topological polar surface area (TPSA) is 70.5 Å². The van der Waals surface area contributed by atoms with Gasteiger partial charge in [0.25, 0.3) is 0 Å². The van der Waals surface area contributed by atoms with Crippen LogP contribution in [0.3, 0.4) is 0 Å². The highest BCUT2D eigenvalue weighted by atomic mass is 35.5. The number of nitrogens with zero attached hydrogens (tertiary/aromatic N) is 3. The number of anilines is 1. The Bertz CT molecular complexity index is 1320. The molecule has 0 radical (unpaired) electrons. The smallest absolute Gasteiger partial charge is 0.145 e. The predicted octanol–water partition coefficient (Wildman–Crippen LogP) is 5.55. The van der Waals surface area contributed by atoms with E-state index in [-0.39, 0.29) is 12.1 Å². The number of thiazole rings is 2. The predicted molar refractivity (Wildman–Crippen MR) is 146 cm³/mol. The number of fused-ring (bicyclic) bond motifs is 1. The SMILES string of the molecule is Cc1nc2c(N3CCN[C@@](C)(Cc4csc(-c5ccc(Cl)cc5)n4)C3)c(OC[C@@H](C)O)ccc2s1. The van der Waals surface area contributed by atoms with Crippen LogP contribution in [0.4, 0.5) is 5.69 Å². The van der Waals surface area contributed by atoms with Crippen molar-refractivity contribution >= 4 is 50.2 Å². The number of aryl methyl sites for hydroxylation is 1. The monoisotopic (exact) mass is 528 g/mol. The molecule has 184 valence electrons. The molecule has 1 aliphatic heterocycles. The Morgan fingerprint density at radius 3 is 2.80 bits per heavy atom. The molecule has 6 nitrogen and oxygen atoms in total. The summed E-state index contributed by atoms with van der Waals surface area (Å²) in [5.41, 5.74) is 3.97. The zero-order valence-electron chi connectivity index (χ0n) is 20.0. The summed E-state index contributed by atoms with van der Waals surface area (Å²) in [5, 5.41) is 18.4. The molecule has 0 bridgehead atoms. The number of aliphatic hydroxyl groups is 1. The maximum atomic E-state index is 9.80. The van der Waals surface area contributed by atoms with Crippen molar-refractivity contribution < 1.29 is 9.84 Å². The van der Waals surface area contributed by atoms with Crippen LogP contribution in [0.25, 0.3) is 20.8 Å². The first-order chi connectivity index (χ1) is 16.8. The minimum atomic E-state index is -0.538. The Morgan fingerprint density at radius 2 is 2.03 bits per heavy atom. The highest BCUT2D eigenvalue weighted by Gasteiger charge is 2.34. The number of benzene rings is 2. The van der Waals surface area contributed by atoms with Gasteiger partial charge < -0.3 is 20.1 Å². The molecule has 0 aliphatic carbocycles. The van der Waals surface area contributed by atoms with Gasteiger partial charge in [-0.3, -0.25) is 0 Å². The molecule has 2 N–H and O–H groups in total. The Morgan fingerprint density at radius 1 is 1.23 bits per heavy atom. The lowest BCUT2D eigenvalue weighted by atomic mass is 9.93. The van der Waals surface area contributed by atoms with E-state index in [2.05, 4.69) is 28.6 Å². The van der Waals surface area contributed by atoms with E-state index in [1.165, 1.54) is 0 Å². The number of hydrogen-bond acceptors (Lipinski definition) is 8. The average Bonchev–Trinajstić information content (AvgIpc) is 3.43. The van der Waals surface area contributed by atoms with E-state index < -0.39 is 6.10 Å². The van der Waals surface area contributed by atoms with Crippen LogP contribution in [0.1, 0.15) is 24.5 Å². The highest BCUT2D eigenvalue weighted by Crippen LogP contribution is 2.40. The molecular weight excluding hydrogens is 500 g/mol. The largest absolute Gasteiger partial charge is 0.489 e. The first-order valence-electron chi connectivity index (χ1n) is 11.7. The molecule has 35 heavy (non-hydrogen) atoms. The molecule has 1 saturated heterocycles. The van der Waals surface area contributed by atoms with Crippen LogP contribution in [0.15, 0.2) is 41.8 Å². The van der Waals surface area contributed by atoms with Crippen molar-refractivity contribution in [2.75, 3.05) is 31.1 Å². The second-order valence-corrected chi connectivity index (χ2v) is 11.9. The van der Waals surface area contributed by atoms with Crippen LogP contribution >= 0.6 is 34.3 Å². The van der Waals surface area contributed by atoms with Gasteiger partial charge in [-0.05, 0) is 45.0 Å². The number of aromatic nitrogens is 2. The van der Waals surface area contributed by atoms with Gasteiger partial charge in [0.15, 0.2) is 0 Å². The summed E-state index contributed by atoms with van der Waals surface area (Å²) in [4.78, 5) is 12.1. The summed E-state index contributed by atoms with van der Waals surface area (Å²) in [6.07, 6.45) is 0.271. The molecule has 9 heteroatoms. The first kappa shape index (κ1) is 24.5. The lowest BCUT2D eigenvalue weighted by Gasteiger charge is -2.43. The van der Waals surface area contributed by atoms with Crippen molar-refractivity contribution in [3.05, 3.63) is 57.5 Å². The average molecular weight is 529 g/mol. The first-order valence-corrected chi connectivity index (χ1v) is 13.8. The Hall–Kier alpha value is -2.23. The fourth-order valence-electron chi connectivity index (χ4n) is 4.58. The number of nitrogens with one attached hydrogen (secondary N) is 1. The molecule has 2 atom stereocenters. The van der Waals surface area contributed by atoms with Gasteiger partial charge in [-0.15, -0.1) is 22.7 Å². The van der Waals surface area contributed by atoms with Gasteiger partial charge in [-0.1, -0.05) is 23.7 Å². The molecule has 3 heterocycles. The van der Waals surface area contributed by atoms with E-state index in [4.69, 9.17) is 26.3 Å². The van der Waals surface area contributed by atoms with E-state index in [9.17, 15) is 5.11 Å². The zero-order valence-corrected chi connectivity index (χ0v) is 22.4. The van der Waals surface area contributed by atoms with Gasteiger partial charge >= 0.3 is 0 Å². The summed E-state index contributed by atoms with van der Waals surface area (Å²) in [6.45, 7) is 8.76. The third-order valence-corrected chi connectivity index (χ3v) is 8.22. The number of piperazine rings is 1. The quantitative estimate of drug-likeness (QED) is 0.327. The molecule has 1 aliphatic rings. The van der Waals surface area contributed by atoms with Crippen LogP contribution in [-0.4, -0.2) is 53.0 Å². The maximum Gasteiger partial charge on any atom is 0.145 e. The van der Waals surface area contributed by atoms with E-state index in [0.29, 0.717) is 0 Å². The number of hydrogen-bond donors (Lipinski definition) is 2. The van der Waals surface area contributed by atoms with Gasteiger partial charge in [0.2, 0.25) is 0 Å². The summed E-state index contributed by atoms with van der Waals surface area (Å²) in [7, 11) is 0. The van der Waals surface area contributed by atoms with Gasteiger partial charge in [0.05, 0.1) is 21.5 Å². The normalized spacial score (nSPS) is 19.3. The van der Waals surface area contributed by atoms with E-state index >= 15 is 0 Å². The van der Waals surface area contributed by atoms with Gasteiger partial charge in [-0.25, -0.2) is 9.97 Å². The molecule has 0 amide bonds. The van der Waals surface area contributed by atoms with Crippen molar-refractivity contribution in [3.8, 4) is 16.3 Å². The minimum Gasteiger partial charge on any atom is -0.489 e. The third-order valence-electron chi connectivity index (χ3n) is 6.09. The molecule has 4 aromatic rings. The Balaban J connectivity index is 1.40. The van der Waals surface area contributed by atoms with Crippen LogP contribution in [0, 0.1) is 6.92 Å². The standard InChI is InChI=1S/C26H29ClN4O2S2/c1-16(32)13-33-21-8-9-22-23(29-17(2)35-22)24(21)31-11-10-28-26(3,15-31)12-20-14-34-25(30-20)18-4-6-19(27)7-5-18/h4-9,14,16,28,32H,10-13,15H2,1-3H3/t16-,26+/m1/s1. The molecule has 2 aromatic carbocycles. The lowest BCUT2D eigenvalue weighted by Crippen LogP contribution is -2.60. The van der Waals surface area contributed by atoms with Crippen molar-refractivity contribution in [2.45, 2.75) is 38.8 Å². The number of rotatable bonds is 7. The van der Waals surface area contributed by atoms with Crippen LogP contribution in [-0.2, 0) is 6.42 Å². The highest BCUT2D eigenvalue weighted by molar-refractivity contribution is 7.18. The molecule has 5 rings (SSSR count). The van der Waals surface area contributed by atoms with E-state index in [0.717, 1.165) is 74.0 Å². The maximum absolute atomic E-state index is 9.80. The fraction of sp³-hybridized carbons (Fsp3) is 0.385. The van der Waals surface area contributed by atoms with Gasteiger partial charge in [-0.2, -0.15) is 0 Å². The van der Waals surface area contributed by atoms with E-state index in [1.807, 2.05) is 37.3 Å². The number of halogens is 1. The molecule has 1 fully saturated rings. The molecule has 0 saturated carbocycles. The van der Waals surface area contributed by atoms with Gasteiger partial charge in [0, 0.05) is 47.6 Å². The minimum absolute atomic E-state index is 0.168. The summed E-state index contributed by atoms with van der Waals surface area (Å²) in [5.74, 6) is 0.770. The van der Waals surface area contributed by atoms with Crippen molar-refractivity contribution in [1.29, 1.82) is 0 Å². The fourth-order valence-corrected chi connectivity index (χ4v) is 6.36. The Kier molecular flexibility index (Phi) is 7.01. The summed E-state index contributed by atoms with van der Waals surface area (Å²) in [6, 6.07) is 11.9. The van der Waals surface area contributed by atoms with Crippen molar-refractivity contribution in [2.24, 2.45) is 0 Å². The van der Waals surface area contributed by atoms with Crippen LogP contribution < -0.4 is 15.0 Å². The lowest BCUT2D eigenvalue weighted by molar-refractivity contribution is 0.123. The molecule has 0 unspecified atom stereocenters. The van der Waals surface area contributed by atoms with Crippen molar-refractivity contribution in [3.63, 3.8) is 0 Å². The summed E-state index contributed by atoms with van der Waals surface area (Å²) >= 11 is 9.40. The number of aliphatic hydroxyl groups excluding tert-OH is 1. The second-order valence-electron chi connectivity index (χ2n) is 9.39. The van der Waals surface area contributed by atoms with E-state index in [1.54, 1.807) is 29.6 Å². The van der Waals surface area contributed by atoms with Crippen LogP contribution in [0.5, 0.6) is 5.75 Å². The zero-order chi connectivity index (χ0) is 24.6. The van der Waals surface area contributed by atoms with Crippen LogP contribution in [0.2, 0.25) is 5.02 Å². The second kappa shape index (κ2) is 10.0. The summed E-state index contributed by atoms with van der Waals surface area (Å²) < 4.78 is 7.20. The van der Waals surface area contributed by atoms with Gasteiger partial charge in [0.1, 0.15) is 28.6 Å².